The molecule has 0 bridgehead atoms. The van der Waals surface area contributed by atoms with Crippen LogP contribution in [-0.4, -0.2) is 55.8 Å². The van der Waals surface area contributed by atoms with Crippen molar-refractivity contribution < 1.29 is 13.9 Å². The SMILES string of the molecule is CN1CC(=O)N(c2cccc(F)c2)Cc2c1ncnc2N1CCOCC1. The van der Waals surface area contributed by atoms with Gasteiger partial charge < -0.3 is 19.4 Å². The van der Waals surface area contributed by atoms with Gasteiger partial charge in [0.25, 0.3) is 0 Å². The number of carbonyl (C=O) groups is 1. The Hall–Kier alpha value is -2.74. The van der Waals surface area contributed by atoms with Gasteiger partial charge in [0.05, 0.1) is 31.9 Å². The average molecular weight is 357 g/mol. The second kappa shape index (κ2) is 6.87. The summed E-state index contributed by atoms with van der Waals surface area (Å²) >= 11 is 0. The third-order valence-electron chi connectivity index (χ3n) is 4.68. The van der Waals surface area contributed by atoms with Gasteiger partial charge in [0, 0.05) is 25.8 Å². The lowest BCUT2D eigenvalue weighted by Crippen LogP contribution is -2.38. The van der Waals surface area contributed by atoms with E-state index in [1.54, 1.807) is 17.0 Å². The van der Waals surface area contributed by atoms with Crippen LogP contribution in [0.1, 0.15) is 5.56 Å². The van der Waals surface area contributed by atoms with Crippen LogP contribution in [0.5, 0.6) is 0 Å². The third-order valence-corrected chi connectivity index (χ3v) is 4.68. The predicted octanol–water partition coefficient (Wildman–Crippen LogP) is 1.44. The van der Waals surface area contributed by atoms with E-state index in [-0.39, 0.29) is 18.3 Å². The van der Waals surface area contributed by atoms with Gasteiger partial charge in [-0.2, -0.15) is 0 Å². The standard InChI is InChI=1S/C18H20FN5O2/c1-22-11-16(25)24(14-4-2-3-13(19)9-14)10-15-17(22)20-12-21-18(15)23-5-7-26-8-6-23/h2-4,9,12H,5-8,10-11H2,1H3. The van der Waals surface area contributed by atoms with Crippen molar-refractivity contribution in [3.05, 3.63) is 42.0 Å². The summed E-state index contributed by atoms with van der Waals surface area (Å²) in [6, 6.07) is 6.09. The summed E-state index contributed by atoms with van der Waals surface area (Å²) < 4.78 is 19.1. The van der Waals surface area contributed by atoms with Gasteiger partial charge in [-0.05, 0) is 18.2 Å². The first-order valence-corrected chi connectivity index (χ1v) is 8.57. The fourth-order valence-electron chi connectivity index (χ4n) is 3.40. The minimum absolute atomic E-state index is 0.107. The number of carbonyl (C=O) groups excluding carboxylic acids is 1. The Bertz CT molecular complexity index is 825. The molecule has 4 rings (SSSR count). The number of hydrogen-bond donors (Lipinski definition) is 0. The lowest BCUT2D eigenvalue weighted by molar-refractivity contribution is -0.117. The summed E-state index contributed by atoms with van der Waals surface area (Å²) in [5.41, 5.74) is 1.40. The number of ether oxygens (including phenoxy) is 1. The molecular weight excluding hydrogens is 337 g/mol. The highest BCUT2D eigenvalue weighted by Gasteiger charge is 2.30. The van der Waals surface area contributed by atoms with Gasteiger partial charge >= 0.3 is 0 Å². The highest BCUT2D eigenvalue weighted by molar-refractivity contribution is 5.97. The Morgan fingerprint density at radius 3 is 2.65 bits per heavy atom. The van der Waals surface area contributed by atoms with Crippen molar-refractivity contribution in [3.8, 4) is 0 Å². The molecule has 1 amide bonds. The van der Waals surface area contributed by atoms with Gasteiger partial charge in [-0.1, -0.05) is 6.07 Å². The lowest BCUT2D eigenvalue weighted by atomic mass is 10.2. The molecule has 8 heteroatoms. The Balaban J connectivity index is 1.77. The average Bonchev–Trinajstić information content (AvgIpc) is 2.78. The van der Waals surface area contributed by atoms with E-state index in [1.807, 2.05) is 11.9 Å². The van der Waals surface area contributed by atoms with Crippen molar-refractivity contribution in [1.29, 1.82) is 0 Å². The van der Waals surface area contributed by atoms with Crippen LogP contribution in [0.2, 0.25) is 0 Å². The first kappa shape index (κ1) is 16.7. The van der Waals surface area contributed by atoms with E-state index in [0.29, 0.717) is 25.4 Å². The van der Waals surface area contributed by atoms with Crippen LogP contribution in [0.15, 0.2) is 30.6 Å². The number of rotatable bonds is 2. The van der Waals surface area contributed by atoms with Crippen molar-refractivity contribution >= 4 is 23.2 Å². The Kier molecular flexibility index (Phi) is 4.42. The first-order chi connectivity index (χ1) is 12.6. The number of fused-ring (bicyclic) bond motifs is 1. The first-order valence-electron chi connectivity index (χ1n) is 8.57. The zero-order valence-corrected chi connectivity index (χ0v) is 14.6. The zero-order valence-electron chi connectivity index (χ0n) is 14.6. The molecule has 136 valence electrons. The van der Waals surface area contributed by atoms with Crippen LogP contribution in [0, 0.1) is 5.82 Å². The van der Waals surface area contributed by atoms with E-state index in [0.717, 1.165) is 30.3 Å². The molecule has 0 N–H and O–H groups in total. The molecule has 0 aliphatic carbocycles. The van der Waals surface area contributed by atoms with Gasteiger partial charge in [-0.3, -0.25) is 4.79 Å². The van der Waals surface area contributed by atoms with Crippen molar-refractivity contribution in [2.45, 2.75) is 6.54 Å². The second-order valence-electron chi connectivity index (χ2n) is 6.41. The van der Waals surface area contributed by atoms with Crippen LogP contribution in [0.3, 0.4) is 0 Å². The Morgan fingerprint density at radius 2 is 1.88 bits per heavy atom. The summed E-state index contributed by atoms with van der Waals surface area (Å²) in [4.78, 5) is 27.2. The highest BCUT2D eigenvalue weighted by atomic mass is 19.1. The van der Waals surface area contributed by atoms with Gasteiger partial charge in [0.2, 0.25) is 5.91 Å². The molecule has 1 aromatic heterocycles. The molecule has 1 saturated heterocycles. The molecule has 3 heterocycles. The van der Waals surface area contributed by atoms with Gasteiger partial charge in [-0.25, -0.2) is 14.4 Å². The monoisotopic (exact) mass is 357 g/mol. The smallest absolute Gasteiger partial charge is 0.246 e. The number of halogens is 1. The lowest BCUT2D eigenvalue weighted by Gasteiger charge is -2.30. The summed E-state index contributed by atoms with van der Waals surface area (Å²) in [6.07, 6.45) is 1.53. The second-order valence-corrected chi connectivity index (χ2v) is 6.41. The predicted molar refractivity (Wildman–Crippen MR) is 95.9 cm³/mol. The largest absolute Gasteiger partial charge is 0.378 e. The van der Waals surface area contributed by atoms with Crippen molar-refractivity contribution in [2.75, 3.05) is 54.6 Å². The van der Waals surface area contributed by atoms with E-state index >= 15 is 0 Å². The molecular formula is C18H20FN5O2. The maximum absolute atomic E-state index is 13.7. The normalized spacial score (nSPS) is 17.9. The Morgan fingerprint density at radius 1 is 1.12 bits per heavy atom. The minimum Gasteiger partial charge on any atom is -0.378 e. The maximum Gasteiger partial charge on any atom is 0.246 e. The molecule has 0 saturated carbocycles. The van der Waals surface area contributed by atoms with E-state index in [9.17, 15) is 9.18 Å². The fraction of sp³-hybridized carbons (Fsp3) is 0.389. The number of benzene rings is 1. The van der Waals surface area contributed by atoms with Crippen molar-refractivity contribution in [3.63, 3.8) is 0 Å². The van der Waals surface area contributed by atoms with Crippen LogP contribution in [-0.2, 0) is 16.1 Å². The zero-order chi connectivity index (χ0) is 18.1. The summed E-state index contributed by atoms with van der Waals surface area (Å²) in [7, 11) is 1.84. The number of amides is 1. The molecule has 2 aliphatic rings. The minimum atomic E-state index is -0.370. The fourth-order valence-corrected chi connectivity index (χ4v) is 3.40. The number of nitrogens with zero attached hydrogens (tertiary/aromatic N) is 5. The van der Waals surface area contributed by atoms with Gasteiger partial charge in [0.1, 0.15) is 23.8 Å². The van der Waals surface area contributed by atoms with E-state index in [1.165, 1.54) is 18.5 Å². The third kappa shape index (κ3) is 3.08. The van der Waals surface area contributed by atoms with Gasteiger partial charge in [-0.15, -0.1) is 0 Å². The van der Waals surface area contributed by atoms with E-state index in [2.05, 4.69) is 14.9 Å². The molecule has 0 radical (unpaired) electrons. The van der Waals surface area contributed by atoms with Crippen LogP contribution in [0.25, 0.3) is 0 Å². The van der Waals surface area contributed by atoms with Crippen LogP contribution in [0.4, 0.5) is 21.7 Å². The topological polar surface area (TPSA) is 61.8 Å². The molecule has 0 unspecified atom stereocenters. The van der Waals surface area contributed by atoms with E-state index < -0.39 is 0 Å². The van der Waals surface area contributed by atoms with Crippen molar-refractivity contribution in [2.24, 2.45) is 0 Å². The molecule has 7 nitrogen and oxygen atoms in total. The molecule has 2 aliphatic heterocycles. The molecule has 0 atom stereocenters. The van der Waals surface area contributed by atoms with Gasteiger partial charge in [0.15, 0.2) is 0 Å². The summed E-state index contributed by atoms with van der Waals surface area (Å²) in [5, 5.41) is 0. The molecule has 1 fully saturated rings. The Labute approximate surface area is 151 Å². The summed E-state index contributed by atoms with van der Waals surface area (Å²) in [6.45, 7) is 3.23. The number of likely N-dealkylation sites (N-methyl/N-ethyl adjacent to an activating group) is 1. The van der Waals surface area contributed by atoms with Crippen molar-refractivity contribution in [1.82, 2.24) is 9.97 Å². The van der Waals surface area contributed by atoms with Crippen LogP contribution < -0.4 is 14.7 Å². The number of anilines is 3. The molecule has 0 spiro atoms. The number of morpholine rings is 1. The maximum atomic E-state index is 13.7. The number of hydrogen-bond acceptors (Lipinski definition) is 6. The van der Waals surface area contributed by atoms with Crippen LogP contribution >= 0.6 is 0 Å². The van der Waals surface area contributed by atoms with E-state index in [4.69, 9.17) is 4.74 Å². The summed E-state index contributed by atoms with van der Waals surface area (Å²) in [5.74, 6) is 1.06. The molecule has 2 aromatic rings. The highest BCUT2D eigenvalue weighted by Crippen LogP contribution is 2.32. The quantitative estimate of drug-likeness (QED) is 0.810. The molecule has 1 aromatic carbocycles. The molecule has 26 heavy (non-hydrogen) atoms. The number of aromatic nitrogens is 2.